The molecular formula is C13H18ClNOS. The van der Waals surface area contributed by atoms with Crippen molar-refractivity contribution < 1.29 is 4.74 Å². The molecule has 94 valence electrons. The van der Waals surface area contributed by atoms with Gasteiger partial charge >= 0.3 is 0 Å². The number of nitrogens with one attached hydrogen (secondary N) is 1. The van der Waals surface area contributed by atoms with E-state index in [2.05, 4.69) is 5.32 Å². The molecule has 1 N–H and O–H groups in total. The van der Waals surface area contributed by atoms with Crippen LogP contribution in [0, 0.1) is 0 Å². The van der Waals surface area contributed by atoms with E-state index in [1.807, 2.05) is 30.0 Å². The highest BCUT2D eigenvalue weighted by Gasteiger charge is 2.13. The van der Waals surface area contributed by atoms with Crippen LogP contribution in [0.4, 0.5) is 0 Å². The Morgan fingerprint density at radius 2 is 2.18 bits per heavy atom. The number of hydrogen-bond donors (Lipinski definition) is 1. The number of halogens is 1. The number of benzene rings is 1. The van der Waals surface area contributed by atoms with Gasteiger partial charge in [-0.3, -0.25) is 0 Å². The molecule has 1 aliphatic rings. The Labute approximate surface area is 112 Å². The van der Waals surface area contributed by atoms with Gasteiger partial charge in [0, 0.05) is 23.2 Å². The van der Waals surface area contributed by atoms with Crippen molar-refractivity contribution in [1.29, 1.82) is 0 Å². The van der Waals surface area contributed by atoms with E-state index in [9.17, 15) is 0 Å². The molecule has 0 atom stereocenters. The monoisotopic (exact) mass is 271 g/mol. The van der Waals surface area contributed by atoms with Gasteiger partial charge in [-0.1, -0.05) is 11.6 Å². The highest BCUT2D eigenvalue weighted by atomic mass is 35.5. The molecule has 1 aromatic rings. The standard InChI is InChI=1S/C13H18ClNOS/c1-16-13-3-2-11(14)8-10(13)9-15-12-4-6-17-7-5-12/h2-3,8,12,15H,4-7,9H2,1H3. The van der Waals surface area contributed by atoms with Crippen molar-refractivity contribution in [3.8, 4) is 5.75 Å². The zero-order valence-electron chi connectivity index (χ0n) is 10.0. The minimum Gasteiger partial charge on any atom is -0.496 e. The highest BCUT2D eigenvalue weighted by molar-refractivity contribution is 7.99. The third kappa shape index (κ3) is 3.80. The zero-order chi connectivity index (χ0) is 12.1. The van der Waals surface area contributed by atoms with Crippen LogP contribution >= 0.6 is 23.4 Å². The minimum atomic E-state index is 0.639. The molecular weight excluding hydrogens is 254 g/mol. The van der Waals surface area contributed by atoms with E-state index in [4.69, 9.17) is 16.3 Å². The summed E-state index contributed by atoms with van der Waals surface area (Å²) >= 11 is 8.05. The van der Waals surface area contributed by atoms with Gasteiger partial charge in [-0.15, -0.1) is 0 Å². The first-order valence-electron chi connectivity index (χ1n) is 5.93. The molecule has 17 heavy (non-hydrogen) atoms. The molecule has 0 bridgehead atoms. The van der Waals surface area contributed by atoms with Crippen LogP contribution in [0.5, 0.6) is 5.75 Å². The first-order chi connectivity index (χ1) is 8.29. The van der Waals surface area contributed by atoms with E-state index in [1.165, 1.54) is 24.3 Å². The molecule has 0 aromatic heterocycles. The maximum Gasteiger partial charge on any atom is 0.123 e. The summed E-state index contributed by atoms with van der Waals surface area (Å²) in [6.07, 6.45) is 2.51. The lowest BCUT2D eigenvalue weighted by Gasteiger charge is -2.23. The van der Waals surface area contributed by atoms with Crippen molar-refractivity contribution >= 4 is 23.4 Å². The van der Waals surface area contributed by atoms with Gasteiger partial charge in [-0.05, 0) is 42.5 Å². The van der Waals surface area contributed by atoms with Crippen molar-refractivity contribution in [2.75, 3.05) is 18.6 Å². The summed E-state index contributed by atoms with van der Waals surface area (Å²) in [4.78, 5) is 0. The summed E-state index contributed by atoms with van der Waals surface area (Å²) in [6, 6.07) is 6.40. The first kappa shape index (κ1) is 13.1. The number of thioether (sulfide) groups is 1. The lowest BCUT2D eigenvalue weighted by molar-refractivity contribution is 0.403. The quantitative estimate of drug-likeness (QED) is 0.908. The van der Waals surface area contributed by atoms with E-state index in [-0.39, 0.29) is 0 Å². The Hall–Kier alpha value is -0.380. The van der Waals surface area contributed by atoms with Crippen molar-refractivity contribution in [2.24, 2.45) is 0 Å². The fourth-order valence-corrected chi connectivity index (χ4v) is 3.34. The Morgan fingerprint density at radius 1 is 1.41 bits per heavy atom. The predicted octanol–water partition coefficient (Wildman–Crippen LogP) is 3.33. The van der Waals surface area contributed by atoms with Crippen LogP contribution in [-0.2, 0) is 6.54 Å². The SMILES string of the molecule is COc1ccc(Cl)cc1CNC1CCSCC1. The summed E-state index contributed by atoms with van der Waals surface area (Å²) in [5.74, 6) is 3.45. The average molecular weight is 272 g/mol. The second-order valence-corrected chi connectivity index (χ2v) is 5.88. The number of rotatable bonds is 4. The molecule has 0 aliphatic carbocycles. The summed E-state index contributed by atoms with van der Waals surface area (Å²) in [5, 5.41) is 4.35. The third-order valence-electron chi connectivity index (χ3n) is 3.04. The number of ether oxygens (including phenoxy) is 1. The fourth-order valence-electron chi connectivity index (χ4n) is 2.04. The molecule has 0 unspecified atom stereocenters. The minimum absolute atomic E-state index is 0.639. The van der Waals surface area contributed by atoms with Gasteiger partial charge in [-0.25, -0.2) is 0 Å². The third-order valence-corrected chi connectivity index (χ3v) is 4.33. The Kier molecular flexibility index (Phi) is 5.01. The summed E-state index contributed by atoms with van der Waals surface area (Å²) < 4.78 is 5.34. The van der Waals surface area contributed by atoms with Crippen LogP contribution in [-0.4, -0.2) is 24.7 Å². The molecule has 1 heterocycles. The van der Waals surface area contributed by atoms with Gasteiger partial charge < -0.3 is 10.1 Å². The Bertz CT molecular complexity index is 366. The highest BCUT2D eigenvalue weighted by Crippen LogP contribution is 2.23. The normalized spacial score (nSPS) is 17.1. The topological polar surface area (TPSA) is 21.3 Å². The van der Waals surface area contributed by atoms with Crippen LogP contribution in [0.25, 0.3) is 0 Å². The molecule has 2 nitrogen and oxygen atoms in total. The van der Waals surface area contributed by atoms with E-state index >= 15 is 0 Å². The second-order valence-electron chi connectivity index (χ2n) is 4.22. The maximum absolute atomic E-state index is 6.01. The average Bonchev–Trinajstić information content (AvgIpc) is 2.38. The predicted molar refractivity (Wildman–Crippen MR) is 75.2 cm³/mol. The summed E-state index contributed by atoms with van der Waals surface area (Å²) in [5.41, 5.74) is 1.14. The van der Waals surface area contributed by atoms with Crippen LogP contribution in [0.2, 0.25) is 5.02 Å². The molecule has 1 saturated heterocycles. The first-order valence-corrected chi connectivity index (χ1v) is 7.46. The molecule has 0 saturated carbocycles. The van der Waals surface area contributed by atoms with Crippen molar-refractivity contribution in [3.63, 3.8) is 0 Å². The number of methoxy groups -OCH3 is 1. The smallest absolute Gasteiger partial charge is 0.123 e. The van der Waals surface area contributed by atoms with Crippen LogP contribution < -0.4 is 10.1 Å². The summed E-state index contributed by atoms with van der Waals surface area (Å²) in [7, 11) is 1.70. The lowest BCUT2D eigenvalue weighted by atomic mass is 10.1. The molecule has 2 rings (SSSR count). The summed E-state index contributed by atoms with van der Waals surface area (Å²) in [6.45, 7) is 0.832. The Morgan fingerprint density at radius 3 is 2.88 bits per heavy atom. The Balaban J connectivity index is 1.95. The fraction of sp³-hybridized carbons (Fsp3) is 0.538. The molecule has 1 aromatic carbocycles. The van der Waals surface area contributed by atoms with Gasteiger partial charge in [0.15, 0.2) is 0 Å². The van der Waals surface area contributed by atoms with Gasteiger partial charge in [-0.2, -0.15) is 11.8 Å². The molecule has 1 fully saturated rings. The molecule has 4 heteroatoms. The largest absolute Gasteiger partial charge is 0.496 e. The van der Waals surface area contributed by atoms with Gasteiger partial charge in [0.25, 0.3) is 0 Å². The van der Waals surface area contributed by atoms with E-state index in [1.54, 1.807) is 7.11 Å². The van der Waals surface area contributed by atoms with Crippen LogP contribution in [0.1, 0.15) is 18.4 Å². The van der Waals surface area contributed by atoms with Crippen molar-refractivity contribution in [1.82, 2.24) is 5.32 Å². The maximum atomic E-state index is 6.01. The van der Waals surface area contributed by atoms with Gasteiger partial charge in [0.05, 0.1) is 7.11 Å². The van der Waals surface area contributed by atoms with Gasteiger partial charge in [0.1, 0.15) is 5.75 Å². The molecule has 1 aliphatic heterocycles. The zero-order valence-corrected chi connectivity index (χ0v) is 11.6. The van der Waals surface area contributed by atoms with E-state index in [0.717, 1.165) is 22.9 Å². The van der Waals surface area contributed by atoms with Crippen LogP contribution in [0.15, 0.2) is 18.2 Å². The van der Waals surface area contributed by atoms with Gasteiger partial charge in [0.2, 0.25) is 0 Å². The lowest BCUT2D eigenvalue weighted by Crippen LogP contribution is -2.32. The molecule has 0 spiro atoms. The number of hydrogen-bond acceptors (Lipinski definition) is 3. The van der Waals surface area contributed by atoms with E-state index in [0.29, 0.717) is 6.04 Å². The van der Waals surface area contributed by atoms with E-state index < -0.39 is 0 Å². The second kappa shape index (κ2) is 6.53. The van der Waals surface area contributed by atoms with Crippen molar-refractivity contribution in [2.45, 2.75) is 25.4 Å². The van der Waals surface area contributed by atoms with Crippen molar-refractivity contribution in [3.05, 3.63) is 28.8 Å². The molecule has 0 amide bonds. The molecule has 0 radical (unpaired) electrons. The van der Waals surface area contributed by atoms with Crippen LogP contribution in [0.3, 0.4) is 0 Å².